The van der Waals surface area contributed by atoms with Crippen LogP contribution in [0.4, 0.5) is 0 Å². The Hall–Kier alpha value is -0.570. The van der Waals surface area contributed by atoms with Gasteiger partial charge >= 0.3 is 0 Å². The molecule has 2 aliphatic carbocycles. The van der Waals surface area contributed by atoms with E-state index < -0.39 is 0 Å². The third kappa shape index (κ3) is 2.82. The molecule has 0 aromatic heterocycles. The lowest BCUT2D eigenvalue weighted by Crippen LogP contribution is -2.34. The summed E-state index contributed by atoms with van der Waals surface area (Å²) >= 11 is 0. The molecule has 1 heterocycles. The highest BCUT2D eigenvalue weighted by Gasteiger charge is 2.33. The lowest BCUT2D eigenvalue weighted by atomic mass is 10.1. The molecule has 0 N–H and O–H groups in total. The highest BCUT2D eigenvalue weighted by molar-refractivity contribution is 5.79. The first kappa shape index (κ1) is 11.5. The number of nitrogens with zero attached hydrogens (tertiary/aromatic N) is 1. The summed E-state index contributed by atoms with van der Waals surface area (Å²) in [5.74, 6) is 1.56. The van der Waals surface area contributed by atoms with Gasteiger partial charge in [-0.25, -0.2) is 0 Å². The van der Waals surface area contributed by atoms with Crippen molar-refractivity contribution in [2.45, 2.75) is 51.0 Å². The minimum absolute atomic E-state index is 0.320. The molecule has 0 unspecified atom stereocenters. The molecule has 3 rings (SSSR count). The highest BCUT2D eigenvalue weighted by atomic mass is 16.5. The molecule has 96 valence electrons. The van der Waals surface area contributed by atoms with Crippen LogP contribution in [0.15, 0.2) is 0 Å². The fraction of sp³-hybridized carbons (Fsp3) is 0.929. The van der Waals surface area contributed by atoms with E-state index in [4.69, 9.17) is 4.74 Å². The maximum absolute atomic E-state index is 12.2. The number of hydrogen-bond donors (Lipinski definition) is 0. The number of amides is 1. The van der Waals surface area contributed by atoms with Crippen molar-refractivity contribution in [1.82, 2.24) is 4.90 Å². The van der Waals surface area contributed by atoms with E-state index in [-0.39, 0.29) is 0 Å². The van der Waals surface area contributed by atoms with Crippen molar-refractivity contribution >= 4 is 5.91 Å². The van der Waals surface area contributed by atoms with Gasteiger partial charge in [-0.1, -0.05) is 12.8 Å². The van der Waals surface area contributed by atoms with Gasteiger partial charge in [0, 0.05) is 25.6 Å². The van der Waals surface area contributed by atoms with Gasteiger partial charge in [0.2, 0.25) is 5.91 Å². The van der Waals surface area contributed by atoms with Crippen molar-refractivity contribution in [2.24, 2.45) is 11.8 Å². The summed E-state index contributed by atoms with van der Waals surface area (Å²) < 4.78 is 5.88. The average molecular weight is 237 g/mol. The van der Waals surface area contributed by atoms with Crippen molar-refractivity contribution < 1.29 is 9.53 Å². The van der Waals surface area contributed by atoms with Crippen LogP contribution < -0.4 is 0 Å². The van der Waals surface area contributed by atoms with Crippen LogP contribution in [0.1, 0.15) is 44.9 Å². The third-order valence-corrected chi connectivity index (χ3v) is 4.43. The van der Waals surface area contributed by atoms with Gasteiger partial charge in [-0.15, -0.1) is 0 Å². The van der Waals surface area contributed by atoms with Gasteiger partial charge in [-0.05, 0) is 38.0 Å². The van der Waals surface area contributed by atoms with Gasteiger partial charge in [-0.3, -0.25) is 4.79 Å². The Morgan fingerprint density at radius 3 is 2.59 bits per heavy atom. The predicted octanol–water partition coefficient (Wildman–Crippen LogP) is 2.20. The Morgan fingerprint density at radius 2 is 1.88 bits per heavy atom. The zero-order valence-corrected chi connectivity index (χ0v) is 10.6. The minimum atomic E-state index is 0.320. The lowest BCUT2D eigenvalue weighted by Gasteiger charge is -2.20. The molecule has 1 aliphatic heterocycles. The maximum Gasteiger partial charge on any atom is 0.225 e. The molecule has 1 saturated heterocycles. The van der Waals surface area contributed by atoms with Crippen LogP contribution in [-0.4, -0.2) is 36.6 Å². The molecular formula is C14H23NO2. The Kier molecular flexibility index (Phi) is 3.37. The number of ether oxygens (including phenoxy) is 1. The van der Waals surface area contributed by atoms with E-state index in [1.54, 1.807) is 0 Å². The van der Waals surface area contributed by atoms with E-state index in [9.17, 15) is 4.79 Å². The first-order valence-electron chi connectivity index (χ1n) is 7.23. The topological polar surface area (TPSA) is 29.5 Å². The van der Waals surface area contributed by atoms with Crippen molar-refractivity contribution in [2.75, 3.05) is 19.7 Å². The number of rotatable bonds is 4. The molecule has 1 amide bonds. The lowest BCUT2D eigenvalue weighted by molar-refractivity contribution is -0.134. The molecule has 2 saturated carbocycles. The largest absolute Gasteiger partial charge is 0.376 e. The maximum atomic E-state index is 12.2. The van der Waals surface area contributed by atoms with E-state index in [0.717, 1.165) is 44.9 Å². The van der Waals surface area contributed by atoms with Gasteiger partial charge < -0.3 is 9.64 Å². The smallest absolute Gasteiger partial charge is 0.225 e. The highest BCUT2D eigenvalue weighted by Crippen LogP contribution is 2.31. The monoisotopic (exact) mass is 237 g/mol. The first-order valence-corrected chi connectivity index (χ1v) is 7.23. The van der Waals surface area contributed by atoms with Crippen molar-refractivity contribution in [3.63, 3.8) is 0 Å². The van der Waals surface area contributed by atoms with E-state index in [0.29, 0.717) is 17.9 Å². The Bertz CT molecular complexity index is 282. The summed E-state index contributed by atoms with van der Waals surface area (Å²) in [5.41, 5.74) is 0. The van der Waals surface area contributed by atoms with Gasteiger partial charge in [-0.2, -0.15) is 0 Å². The van der Waals surface area contributed by atoms with E-state index >= 15 is 0 Å². The number of carbonyl (C=O) groups is 1. The van der Waals surface area contributed by atoms with Gasteiger partial charge in [0.15, 0.2) is 0 Å². The number of carbonyl (C=O) groups excluding carboxylic acids is 1. The van der Waals surface area contributed by atoms with E-state index in [2.05, 4.69) is 0 Å². The second-order valence-electron chi connectivity index (χ2n) is 5.95. The predicted molar refractivity (Wildman–Crippen MR) is 65.6 cm³/mol. The molecule has 3 nitrogen and oxygen atoms in total. The minimum Gasteiger partial charge on any atom is -0.376 e. The van der Waals surface area contributed by atoms with Crippen LogP contribution in [0.5, 0.6) is 0 Å². The van der Waals surface area contributed by atoms with Gasteiger partial charge in [0.05, 0.1) is 6.10 Å². The fourth-order valence-corrected chi connectivity index (χ4v) is 3.05. The zero-order valence-electron chi connectivity index (χ0n) is 10.6. The van der Waals surface area contributed by atoms with Crippen molar-refractivity contribution in [3.05, 3.63) is 0 Å². The normalized spacial score (nSPS) is 30.1. The summed E-state index contributed by atoms with van der Waals surface area (Å²) in [6, 6.07) is 0. The first-order chi connectivity index (χ1) is 8.33. The summed E-state index contributed by atoms with van der Waals surface area (Å²) in [7, 11) is 0. The van der Waals surface area contributed by atoms with Crippen molar-refractivity contribution in [1.29, 1.82) is 0 Å². The molecule has 0 bridgehead atoms. The summed E-state index contributed by atoms with van der Waals surface area (Å²) in [4.78, 5) is 14.3. The molecule has 0 aromatic carbocycles. The molecular weight excluding hydrogens is 214 g/mol. The molecule has 0 aromatic rings. The SMILES string of the molecule is O=C(C1CCCC1)N1CC[C@@H](OCC2CC2)C1. The molecule has 0 radical (unpaired) electrons. The van der Waals surface area contributed by atoms with Crippen LogP contribution in [0.2, 0.25) is 0 Å². The van der Waals surface area contributed by atoms with Crippen LogP contribution in [-0.2, 0) is 9.53 Å². The molecule has 3 heteroatoms. The molecule has 17 heavy (non-hydrogen) atoms. The van der Waals surface area contributed by atoms with Crippen LogP contribution in [0, 0.1) is 11.8 Å². The Balaban J connectivity index is 1.43. The number of hydrogen-bond acceptors (Lipinski definition) is 2. The van der Waals surface area contributed by atoms with E-state index in [1.165, 1.54) is 25.7 Å². The van der Waals surface area contributed by atoms with Crippen LogP contribution in [0.25, 0.3) is 0 Å². The second-order valence-corrected chi connectivity index (χ2v) is 5.95. The summed E-state index contributed by atoms with van der Waals surface area (Å²) in [6.07, 6.45) is 8.77. The molecule has 3 aliphatic rings. The van der Waals surface area contributed by atoms with Crippen molar-refractivity contribution in [3.8, 4) is 0 Å². The van der Waals surface area contributed by atoms with E-state index in [1.807, 2.05) is 4.90 Å². The van der Waals surface area contributed by atoms with Gasteiger partial charge in [0.25, 0.3) is 0 Å². The average Bonchev–Trinajstić information content (AvgIpc) is 2.86. The molecule has 1 atom stereocenters. The second kappa shape index (κ2) is 4.97. The zero-order chi connectivity index (χ0) is 11.7. The van der Waals surface area contributed by atoms with Crippen LogP contribution >= 0.6 is 0 Å². The van der Waals surface area contributed by atoms with Gasteiger partial charge in [0.1, 0.15) is 0 Å². The summed E-state index contributed by atoms with van der Waals surface area (Å²) in [6.45, 7) is 2.70. The Morgan fingerprint density at radius 1 is 1.12 bits per heavy atom. The summed E-state index contributed by atoms with van der Waals surface area (Å²) in [5, 5.41) is 0. The standard InChI is InChI=1S/C14H23NO2/c16-14(12-3-1-2-4-12)15-8-7-13(9-15)17-10-11-5-6-11/h11-13H,1-10H2/t13-/m1/s1. The molecule has 0 spiro atoms. The fourth-order valence-electron chi connectivity index (χ4n) is 3.05. The number of likely N-dealkylation sites (tertiary alicyclic amines) is 1. The quantitative estimate of drug-likeness (QED) is 0.750. The third-order valence-electron chi connectivity index (χ3n) is 4.43. The molecule has 3 fully saturated rings. The van der Waals surface area contributed by atoms with Crippen LogP contribution in [0.3, 0.4) is 0 Å². The Labute approximate surface area is 104 Å².